The van der Waals surface area contributed by atoms with Gasteiger partial charge in [-0.2, -0.15) is 0 Å². The SMILES string of the molecule is CN(C)c1ccc(-c2ccc(Cn3c(=O)cnc4ncccc43)c(F)c2)cn1. The summed E-state index contributed by atoms with van der Waals surface area (Å²) in [5.41, 5.74) is 2.69. The fourth-order valence-electron chi connectivity index (χ4n) is 3.01. The molecule has 0 aliphatic rings. The Bertz CT molecular complexity index is 1200. The van der Waals surface area contributed by atoms with Crippen LogP contribution in [-0.2, 0) is 6.54 Å². The zero-order valence-electron chi connectivity index (χ0n) is 15.5. The predicted octanol–water partition coefficient (Wildman–Crippen LogP) is 3.11. The average molecular weight is 375 g/mol. The highest BCUT2D eigenvalue weighted by Gasteiger charge is 2.10. The average Bonchev–Trinajstić information content (AvgIpc) is 2.71. The molecule has 140 valence electrons. The van der Waals surface area contributed by atoms with E-state index in [-0.39, 0.29) is 17.9 Å². The van der Waals surface area contributed by atoms with Crippen LogP contribution in [0.5, 0.6) is 0 Å². The first-order valence-electron chi connectivity index (χ1n) is 8.75. The van der Waals surface area contributed by atoms with E-state index >= 15 is 0 Å². The van der Waals surface area contributed by atoms with E-state index < -0.39 is 0 Å². The summed E-state index contributed by atoms with van der Waals surface area (Å²) >= 11 is 0. The van der Waals surface area contributed by atoms with E-state index in [9.17, 15) is 9.18 Å². The molecule has 7 heteroatoms. The van der Waals surface area contributed by atoms with Gasteiger partial charge in [-0.1, -0.05) is 12.1 Å². The molecule has 0 fully saturated rings. The van der Waals surface area contributed by atoms with Gasteiger partial charge in [0.15, 0.2) is 5.65 Å². The number of aromatic nitrogens is 4. The highest BCUT2D eigenvalue weighted by Crippen LogP contribution is 2.23. The van der Waals surface area contributed by atoms with E-state index in [0.29, 0.717) is 16.7 Å². The van der Waals surface area contributed by atoms with E-state index in [1.807, 2.05) is 37.2 Å². The second-order valence-electron chi connectivity index (χ2n) is 6.63. The topological polar surface area (TPSA) is 63.9 Å². The summed E-state index contributed by atoms with van der Waals surface area (Å²) in [7, 11) is 3.83. The van der Waals surface area contributed by atoms with Crippen LogP contribution < -0.4 is 10.5 Å². The third-order valence-corrected chi connectivity index (χ3v) is 4.54. The van der Waals surface area contributed by atoms with Gasteiger partial charge in [0.25, 0.3) is 5.56 Å². The lowest BCUT2D eigenvalue weighted by Crippen LogP contribution is -2.21. The molecule has 0 saturated heterocycles. The monoisotopic (exact) mass is 375 g/mol. The molecular formula is C21H18FN5O. The van der Waals surface area contributed by atoms with Gasteiger partial charge in [-0.3, -0.25) is 9.36 Å². The van der Waals surface area contributed by atoms with Gasteiger partial charge in [-0.15, -0.1) is 0 Å². The van der Waals surface area contributed by atoms with E-state index in [0.717, 1.165) is 16.9 Å². The van der Waals surface area contributed by atoms with Crippen LogP contribution >= 0.6 is 0 Å². The van der Waals surface area contributed by atoms with Crippen molar-refractivity contribution in [3.8, 4) is 11.1 Å². The second-order valence-corrected chi connectivity index (χ2v) is 6.63. The minimum absolute atomic E-state index is 0.105. The van der Waals surface area contributed by atoms with E-state index in [1.54, 1.807) is 30.6 Å². The van der Waals surface area contributed by atoms with Crippen LogP contribution in [0.25, 0.3) is 22.3 Å². The summed E-state index contributed by atoms with van der Waals surface area (Å²) in [6, 6.07) is 12.3. The third-order valence-electron chi connectivity index (χ3n) is 4.54. The van der Waals surface area contributed by atoms with Crippen LogP contribution in [0.4, 0.5) is 10.2 Å². The van der Waals surface area contributed by atoms with Gasteiger partial charge < -0.3 is 4.90 Å². The first-order valence-corrected chi connectivity index (χ1v) is 8.75. The van der Waals surface area contributed by atoms with Gasteiger partial charge in [0.1, 0.15) is 11.6 Å². The van der Waals surface area contributed by atoms with Crippen LogP contribution in [0, 0.1) is 5.82 Å². The molecule has 0 aliphatic heterocycles. The molecule has 0 atom stereocenters. The van der Waals surface area contributed by atoms with Crippen molar-refractivity contribution in [2.75, 3.05) is 19.0 Å². The first kappa shape index (κ1) is 17.8. The molecule has 0 unspecified atom stereocenters. The Morgan fingerprint density at radius 1 is 1.00 bits per heavy atom. The summed E-state index contributed by atoms with van der Waals surface area (Å²) in [5.74, 6) is 0.452. The third kappa shape index (κ3) is 3.34. The van der Waals surface area contributed by atoms with Crippen molar-refractivity contribution in [2.24, 2.45) is 0 Å². The van der Waals surface area contributed by atoms with Gasteiger partial charge in [0.05, 0.1) is 18.3 Å². The molecule has 0 bridgehead atoms. The number of hydrogen-bond donors (Lipinski definition) is 0. The maximum atomic E-state index is 14.8. The van der Waals surface area contributed by atoms with E-state index in [2.05, 4.69) is 15.0 Å². The zero-order chi connectivity index (χ0) is 19.7. The van der Waals surface area contributed by atoms with Crippen molar-refractivity contribution in [3.63, 3.8) is 0 Å². The lowest BCUT2D eigenvalue weighted by molar-refractivity contribution is 0.599. The summed E-state index contributed by atoms with van der Waals surface area (Å²) in [6.07, 6.45) is 4.53. The lowest BCUT2D eigenvalue weighted by Gasteiger charge is -2.12. The largest absolute Gasteiger partial charge is 0.363 e. The normalized spacial score (nSPS) is 11.0. The molecule has 0 spiro atoms. The van der Waals surface area contributed by atoms with Crippen LogP contribution in [0.3, 0.4) is 0 Å². The summed E-state index contributed by atoms with van der Waals surface area (Å²) < 4.78 is 16.3. The molecule has 0 radical (unpaired) electrons. The number of nitrogens with zero attached hydrogens (tertiary/aromatic N) is 5. The smallest absolute Gasteiger partial charge is 0.269 e. The molecule has 3 heterocycles. The molecule has 0 saturated carbocycles. The Kier molecular flexibility index (Phi) is 4.57. The highest BCUT2D eigenvalue weighted by molar-refractivity contribution is 5.69. The summed E-state index contributed by atoms with van der Waals surface area (Å²) in [6.45, 7) is 0.105. The van der Waals surface area contributed by atoms with Gasteiger partial charge in [0, 0.05) is 37.6 Å². The van der Waals surface area contributed by atoms with E-state index in [1.165, 1.54) is 16.8 Å². The maximum Gasteiger partial charge on any atom is 0.269 e. The number of fused-ring (bicyclic) bond motifs is 1. The van der Waals surface area contributed by atoms with Crippen LogP contribution in [0.1, 0.15) is 5.56 Å². The minimum Gasteiger partial charge on any atom is -0.363 e. The molecule has 0 N–H and O–H groups in total. The number of rotatable bonds is 4. The molecular weight excluding hydrogens is 357 g/mol. The molecule has 28 heavy (non-hydrogen) atoms. The minimum atomic E-state index is -0.380. The Morgan fingerprint density at radius 3 is 2.54 bits per heavy atom. The summed E-state index contributed by atoms with van der Waals surface area (Å²) in [4.78, 5) is 26.7. The molecule has 4 rings (SSSR count). The fourth-order valence-corrected chi connectivity index (χ4v) is 3.01. The van der Waals surface area contributed by atoms with Gasteiger partial charge in [-0.25, -0.2) is 19.3 Å². The highest BCUT2D eigenvalue weighted by atomic mass is 19.1. The Hall–Kier alpha value is -3.61. The van der Waals surface area contributed by atoms with Crippen LogP contribution in [-0.4, -0.2) is 33.6 Å². The van der Waals surface area contributed by atoms with Crippen LogP contribution in [0.2, 0.25) is 0 Å². The quantitative estimate of drug-likeness (QED) is 0.548. The zero-order valence-corrected chi connectivity index (χ0v) is 15.5. The summed E-state index contributed by atoms with van der Waals surface area (Å²) in [5, 5.41) is 0. The van der Waals surface area contributed by atoms with Crippen molar-refractivity contribution < 1.29 is 4.39 Å². The number of halogens is 1. The number of pyridine rings is 2. The number of benzene rings is 1. The number of anilines is 1. The molecule has 0 amide bonds. The lowest BCUT2D eigenvalue weighted by atomic mass is 10.0. The molecule has 0 aliphatic carbocycles. The molecule has 3 aromatic heterocycles. The van der Waals surface area contributed by atoms with Crippen molar-refractivity contribution in [1.29, 1.82) is 0 Å². The van der Waals surface area contributed by atoms with Gasteiger partial charge in [-0.05, 0) is 35.9 Å². The molecule has 1 aromatic carbocycles. The Balaban J connectivity index is 1.68. The van der Waals surface area contributed by atoms with Gasteiger partial charge >= 0.3 is 0 Å². The first-order chi connectivity index (χ1) is 13.5. The van der Waals surface area contributed by atoms with Gasteiger partial charge in [0.2, 0.25) is 0 Å². The van der Waals surface area contributed by atoms with Crippen molar-refractivity contribution in [1.82, 2.24) is 19.5 Å². The van der Waals surface area contributed by atoms with Crippen LogP contribution in [0.15, 0.2) is 65.8 Å². The van der Waals surface area contributed by atoms with Crippen molar-refractivity contribution >= 4 is 17.0 Å². The fraction of sp³-hybridized carbons (Fsp3) is 0.143. The Morgan fingerprint density at radius 2 is 1.82 bits per heavy atom. The molecule has 4 aromatic rings. The maximum absolute atomic E-state index is 14.8. The molecule has 6 nitrogen and oxygen atoms in total. The van der Waals surface area contributed by atoms with Crippen molar-refractivity contribution in [3.05, 3.63) is 82.8 Å². The standard InChI is InChI=1S/C21H18FN5O/c1-26(2)19-8-7-15(11-24-19)14-5-6-16(17(22)10-14)13-27-18-4-3-9-23-21(18)25-12-20(27)28/h3-12H,13H2,1-2H3. The Labute approximate surface area is 160 Å². The number of hydrogen-bond acceptors (Lipinski definition) is 5. The van der Waals surface area contributed by atoms with E-state index in [4.69, 9.17) is 0 Å². The predicted molar refractivity (Wildman–Crippen MR) is 107 cm³/mol. The van der Waals surface area contributed by atoms with Crippen molar-refractivity contribution in [2.45, 2.75) is 6.54 Å². The second kappa shape index (κ2) is 7.19.